The number of nitrogens with zero attached hydrogens (tertiary/aromatic N) is 4. The molecule has 0 bridgehead atoms. The van der Waals surface area contributed by atoms with E-state index in [1.54, 1.807) is 6.20 Å². The first-order chi connectivity index (χ1) is 15.7. The van der Waals surface area contributed by atoms with Gasteiger partial charge in [-0.15, -0.1) is 0 Å². The summed E-state index contributed by atoms with van der Waals surface area (Å²) in [6.45, 7) is -0.118. The number of pyridine rings is 2. The van der Waals surface area contributed by atoms with Gasteiger partial charge in [-0.25, -0.2) is 15.0 Å². The summed E-state index contributed by atoms with van der Waals surface area (Å²) in [4.78, 5) is 14.0. The molecule has 7 heteroatoms. The van der Waals surface area contributed by atoms with E-state index in [1.165, 1.54) is 0 Å². The van der Waals surface area contributed by atoms with Gasteiger partial charge in [-0.3, -0.25) is 4.57 Å². The van der Waals surface area contributed by atoms with Crippen molar-refractivity contribution in [2.45, 2.75) is 6.04 Å². The second-order valence-corrected chi connectivity index (χ2v) is 7.49. The minimum absolute atomic E-state index is 0.118. The smallest absolute Gasteiger partial charge is 0.165 e. The molecule has 0 spiro atoms. The Morgan fingerprint density at radius 2 is 1.66 bits per heavy atom. The molecular formula is C25H22N6O. The lowest BCUT2D eigenvalue weighted by molar-refractivity contribution is 0.268. The van der Waals surface area contributed by atoms with Crippen molar-refractivity contribution >= 4 is 17.0 Å². The molecule has 0 fully saturated rings. The molecule has 158 valence electrons. The van der Waals surface area contributed by atoms with Crippen molar-refractivity contribution in [3.8, 4) is 28.3 Å². The van der Waals surface area contributed by atoms with E-state index in [4.69, 9.17) is 21.4 Å². The van der Waals surface area contributed by atoms with Crippen molar-refractivity contribution in [1.82, 2.24) is 19.5 Å². The van der Waals surface area contributed by atoms with Crippen molar-refractivity contribution in [2.75, 3.05) is 12.3 Å². The molecule has 32 heavy (non-hydrogen) atoms. The molecule has 2 aromatic carbocycles. The Balaban J connectivity index is 1.75. The van der Waals surface area contributed by atoms with Gasteiger partial charge in [0.15, 0.2) is 11.5 Å². The highest BCUT2D eigenvalue weighted by Crippen LogP contribution is 2.32. The molecule has 0 radical (unpaired) electrons. The molecule has 0 saturated carbocycles. The van der Waals surface area contributed by atoms with Gasteiger partial charge in [0, 0.05) is 17.4 Å². The van der Waals surface area contributed by atoms with E-state index < -0.39 is 6.04 Å². The van der Waals surface area contributed by atoms with Crippen LogP contribution in [-0.4, -0.2) is 31.2 Å². The number of rotatable bonds is 5. The summed E-state index contributed by atoms with van der Waals surface area (Å²) in [5.74, 6) is 1.05. The predicted octanol–water partition coefficient (Wildman–Crippen LogP) is 3.72. The lowest BCUT2D eigenvalue weighted by atomic mass is 10.1. The highest BCUT2D eigenvalue weighted by molar-refractivity contribution is 5.84. The Hall–Kier alpha value is -4.07. The molecule has 7 nitrogen and oxygen atoms in total. The molecule has 5 rings (SSSR count). The first kappa shape index (κ1) is 19.9. The molecule has 0 aliphatic heterocycles. The second kappa shape index (κ2) is 8.22. The molecule has 0 amide bonds. The fourth-order valence-electron chi connectivity index (χ4n) is 3.73. The summed E-state index contributed by atoms with van der Waals surface area (Å²) in [5.41, 5.74) is 17.9. The van der Waals surface area contributed by atoms with E-state index in [-0.39, 0.29) is 6.61 Å². The molecule has 0 aliphatic rings. The molecule has 5 aromatic rings. The van der Waals surface area contributed by atoms with Gasteiger partial charge in [-0.2, -0.15) is 0 Å². The highest BCUT2D eigenvalue weighted by atomic mass is 16.3. The van der Waals surface area contributed by atoms with Crippen molar-refractivity contribution in [3.05, 3.63) is 90.6 Å². The third kappa shape index (κ3) is 3.49. The SMILES string of the molecule is Nc1ncccc1-c1nc2ccc(-c3ccccc3)nc2n1-c1ccc(C(N)CO)cc1. The molecule has 0 aliphatic carbocycles. The topological polar surface area (TPSA) is 116 Å². The summed E-state index contributed by atoms with van der Waals surface area (Å²) >= 11 is 0. The van der Waals surface area contributed by atoms with Gasteiger partial charge in [0.05, 0.1) is 23.9 Å². The van der Waals surface area contributed by atoms with Crippen LogP contribution in [-0.2, 0) is 0 Å². The van der Waals surface area contributed by atoms with E-state index in [0.29, 0.717) is 17.3 Å². The standard InChI is InChI=1S/C25H22N6O/c26-20(15-32)16-8-10-18(11-9-16)31-24(19-7-4-14-28-23(19)27)30-22-13-12-21(29-25(22)31)17-5-2-1-3-6-17/h1-14,20,32H,15,26H2,(H2,27,28). The van der Waals surface area contributed by atoms with Crippen LogP contribution in [0.25, 0.3) is 39.5 Å². The summed E-state index contributed by atoms with van der Waals surface area (Å²) in [7, 11) is 0. The highest BCUT2D eigenvalue weighted by Gasteiger charge is 2.19. The lowest BCUT2D eigenvalue weighted by Crippen LogP contribution is -2.14. The fourth-order valence-corrected chi connectivity index (χ4v) is 3.73. The number of hydrogen-bond donors (Lipinski definition) is 3. The van der Waals surface area contributed by atoms with Crippen molar-refractivity contribution in [2.24, 2.45) is 5.73 Å². The normalized spacial score (nSPS) is 12.2. The van der Waals surface area contributed by atoms with Gasteiger partial charge in [0.25, 0.3) is 0 Å². The maximum atomic E-state index is 9.37. The van der Waals surface area contributed by atoms with E-state index in [1.807, 2.05) is 83.4 Å². The number of aliphatic hydroxyl groups excluding tert-OH is 1. The van der Waals surface area contributed by atoms with Crippen LogP contribution in [0.15, 0.2) is 85.1 Å². The van der Waals surface area contributed by atoms with Crippen molar-refractivity contribution in [1.29, 1.82) is 0 Å². The van der Waals surface area contributed by atoms with Gasteiger partial charge >= 0.3 is 0 Å². The Bertz CT molecular complexity index is 1380. The maximum Gasteiger partial charge on any atom is 0.165 e. The Morgan fingerprint density at radius 3 is 2.38 bits per heavy atom. The molecule has 3 heterocycles. The van der Waals surface area contributed by atoms with Crippen LogP contribution < -0.4 is 11.5 Å². The zero-order chi connectivity index (χ0) is 22.1. The first-order valence-electron chi connectivity index (χ1n) is 10.3. The Labute approximate surface area is 185 Å². The van der Waals surface area contributed by atoms with Crippen LogP contribution in [0, 0.1) is 0 Å². The second-order valence-electron chi connectivity index (χ2n) is 7.49. The summed E-state index contributed by atoms with van der Waals surface area (Å²) in [6, 6.07) is 24.9. The summed E-state index contributed by atoms with van der Waals surface area (Å²) in [6.07, 6.45) is 1.66. The van der Waals surface area contributed by atoms with Gasteiger partial charge in [-0.05, 0) is 42.0 Å². The Morgan fingerprint density at radius 1 is 0.875 bits per heavy atom. The molecule has 0 saturated heterocycles. The molecule has 1 atom stereocenters. The third-order valence-electron chi connectivity index (χ3n) is 5.43. The quantitative estimate of drug-likeness (QED) is 0.397. The van der Waals surface area contributed by atoms with Crippen molar-refractivity contribution < 1.29 is 5.11 Å². The van der Waals surface area contributed by atoms with Gasteiger partial charge < -0.3 is 16.6 Å². The number of nitrogen functional groups attached to an aromatic ring is 1. The zero-order valence-electron chi connectivity index (χ0n) is 17.3. The fraction of sp³-hybridized carbons (Fsp3) is 0.0800. The van der Waals surface area contributed by atoms with Gasteiger partial charge in [-0.1, -0.05) is 42.5 Å². The van der Waals surface area contributed by atoms with Crippen molar-refractivity contribution in [3.63, 3.8) is 0 Å². The number of hydrogen-bond acceptors (Lipinski definition) is 6. The summed E-state index contributed by atoms with van der Waals surface area (Å²) in [5, 5.41) is 9.37. The van der Waals surface area contributed by atoms with Gasteiger partial charge in [0.1, 0.15) is 11.3 Å². The maximum absolute atomic E-state index is 9.37. The van der Waals surface area contributed by atoms with E-state index >= 15 is 0 Å². The average Bonchev–Trinajstić information content (AvgIpc) is 3.23. The zero-order valence-corrected chi connectivity index (χ0v) is 17.3. The largest absolute Gasteiger partial charge is 0.394 e. The number of benzene rings is 2. The first-order valence-corrected chi connectivity index (χ1v) is 10.3. The minimum Gasteiger partial charge on any atom is -0.394 e. The van der Waals surface area contributed by atoms with Crippen LogP contribution in [0.1, 0.15) is 11.6 Å². The van der Waals surface area contributed by atoms with E-state index in [9.17, 15) is 5.11 Å². The minimum atomic E-state index is -0.431. The average molecular weight is 422 g/mol. The number of anilines is 1. The third-order valence-corrected chi connectivity index (χ3v) is 5.43. The van der Waals surface area contributed by atoms with Crippen LogP contribution in [0.4, 0.5) is 5.82 Å². The summed E-state index contributed by atoms with van der Waals surface area (Å²) < 4.78 is 1.98. The van der Waals surface area contributed by atoms with E-state index in [0.717, 1.165) is 33.6 Å². The van der Waals surface area contributed by atoms with Crippen LogP contribution in [0.5, 0.6) is 0 Å². The number of imidazole rings is 1. The molecule has 1 unspecified atom stereocenters. The van der Waals surface area contributed by atoms with Crippen LogP contribution >= 0.6 is 0 Å². The van der Waals surface area contributed by atoms with E-state index in [2.05, 4.69) is 4.98 Å². The molecule has 3 aromatic heterocycles. The number of aliphatic hydroxyl groups is 1. The lowest BCUT2D eigenvalue weighted by Gasteiger charge is -2.13. The molecular weight excluding hydrogens is 400 g/mol. The molecule has 5 N–H and O–H groups in total. The predicted molar refractivity (Wildman–Crippen MR) is 126 cm³/mol. The Kier molecular flexibility index (Phi) is 5.10. The number of fused-ring (bicyclic) bond motifs is 1. The monoisotopic (exact) mass is 422 g/mol. The van der Waals surface area contributed by atoms with Gasteiger partial charge in [0.2, 0.25) is 0 Å². The van der Waals surface area contributed by atoms with Crippen LogP contribution in [0.3, 0.4) is 0 Å². The number of aromatic nitrogens is 4. The van der Waals surface area contributed by atoms with Crippen LogP contribution in [0.2, 0.25) is 0 Å². The number of nitrogens with two attached hydrogens (primary N) is 2.